The molecule has 0 aromatic heterocycles. The summed E-state index contributed by atoms with van der Waals surface area (Å²) in [7, 11) is 0. The predicted octanol–water partition coefficient (Wildman–Crippen LogP) is 3.71. The lowest BCUT2D eigenvalue weighted by atomic mass is 10.2. The van der Waals surface area contributed by atoms with E-state index in [0.717, 1.165) is 43.1 Å². The van der Waals surface area contributed by atoms with Gasteiger partial charge in [-0.2, -0.15) is 0 Å². The van der Waals surface area contributed by atoms with Crippen molar-refractivity contribution in [3.63, 3.8) is 0 Å². The van der Waals surface area contributed by atoms with Crippen LogP contribution in [0.2, 0.25) is 0 Å². The Morgan fingerprint density at radius 3 is 2.62 bits per heavy atom. The number of carbonyl (C=O) groups excluding carboxylic acids is 1. The van der Waals surface area contributed by atoms with Crippen LogP contribution in [-0.2, 0) is 9.53 Å². The highest BCUT2D eigenvalue weighted by molar-refractivity contribution is 5.94. The van der Waals surface area contributed by atoms with Crippen LogP contribution in [0.4, 0.5) is 11.4 Å². The fourth-order valence-electron chi connectivity index (χ4n) is 3.00. The molecule has 1 aliphatic heterocycles. The molecule has 3 rings (SSSR count). The van der Waals surface area contributed by atoms with Gasteiger partial charge in [-0.1, -0.05) is 18.2 Å². The number of hydrogen-bond donors (Lipinski definition) is 1. The summed E-state index contributed by atoms with van der Waals surface area (Å²) in [6.07, 6.45) is 2.37. The van der Waals surface area contributed by atoms with E-state index in [-0.39, 0.29) is 12.0 Å². The lowest BCUT2D eigenvalue weighted by Gasteiger charge is -2.22. The molecule has 1 heterocycles. The molecule has 0 bridgehead atoms. The monoisotopic (exact) mass is 354 g/mol. The maximum atomic E-state index is 12.3. The van der Waals surface area contributed by atoms with Crippen LogP contribution in [0.15, 0.2) is 54.6 Å². The Kier molecular flexibility index (Phi) is 6.50. The zero-order valence-electron chi connectivity index (χ0n) is 15.2. The minimum absolute atomic E-state index is 0.0382. The first kappa shape index (κ1) is 18.3. The van der Waals surface area contributed by atoms with Gasteiger partial charge in [-0.15, -0.1) is 0 Å². The van der Waals surface area contributed by atoms with Crippen LogP contribution in [0.1, 0.15) is 19.8 Å². The van der Waals surface area contributed by atoms with Crippen LogP contribution in [0.5, 0.6) is 5.75 Å². The quantitative estimate of drug-likeness (QED) is 0.785. The fraction of sp³-hybridized carbons (Fsp3) is 0.381. The van der Waals surface area contributed by atoms with Gasteiger partial charge < -0.3 is 19.7 Å². The number of benzene rings is 2. The minimum Gasteiger partial charge on any atom is -0.491 e. The van der Waals surface area contributed by atoms with Gasteiger partial charge in [0.1, 0.15) is 12.4 Å². The van der Waals surface area contributed by atoms with Gasteiger partial charge in [-0.25, -0.2) is 0 Å². The standard InChI is InChI=1S/C21H26N2O3/c1-2-23(18-7-4-3-5-8-18)15-21(24)22-17-10-12-19(13-11-17)26-16-20-9-6-14-25-20/h3-5,7-8,10-13,20H,2,6,9,14-16H2,1H3,(H,22,24). The summed E-state index contributed by atoms with van der Waals surface area (Å²) in [6, 6.07) is 17.4. The molecule has 0 saturated carbocycles. The van der Waals surface area contributed by atoms with Gasteiger partial charge in [0.2, 0.25) is 5.91 Å². The smallest absolute Gasteiger partial charge is 0.243 e. The third-order valence-electron chi connectivity index (χ3n) is 4.44. The molecule has 1 aliphatic rings. The molecule has 138 valence electrons. The summed E-state index contributed by atoms with van der Waals surface area (Å²) in [5.74, 6) is 0.752. The van der Waals surface area contributed by atoms with E-state index < -0.39 is 0 Å². The van der Waals surface area contributed by atoms with Crippen molar-refractivity contribution in [1.29, 1.82) is 0 Å². The number of nitrogens with one attached hydrogen (secondary N) is 1. The second-order valence-electron chi connectivity index (χ2n) is 6.37. The normalized spacial score (nSPS) is 16.3. The number of para-hydroxylation sites is 1. The van der Waals surface area contributed by atoms with Gasteiger partial charge in [-0.3, -0.25) is 4.79 Å². The van der Waals surface area contributed by atoms with Gasteiger partial charge in [-0.05, 0) is 56.2 Å². The molecule has 1 N–H and O–H groups in total. The van der Waals surface area contributed by atoms with Crippen molar-refractivity contribution in [3.05, 3.63) is 54.6 Å². The largest absolute Gasteiger partial charge is 0.491 e. The number of rotatable bonds is 8. The number of ether oxygens (including phenoxy) is 2. The molecule has 1 fully saturated rings. The molecule has 1 saturated heterocycles. The molecule has 2 aromatic carbocycles. The summed E-state index contributed by atoms with van der Waals surface area (Å²) in [5.41, 5.74) is 1.81. The van der Waals surface area contributed by atoms with Crippen molar-refractivity contribution < 1.29 is 14.3 Å². The first-order chi connectivity index (χ1) is 12.7. The zero-order chi connectivity index (χ0) is 18.2. The van der Waals surface area contributed by atoms with Crippen molar-refractivity contribution >= 4 is 17.3 Å². The molecule has 5 nitrogen and oxygen atoms in total. The molecule has 5 heteroatoms. The van der Waals surface area contributed by atoms with E-state index >= 15 is 0 Å². The van der Waals surface area contributed by atoms with Crippen LogP contribution < -0.4 is 15.0 Å². The van der Waals surface area contributed by atoms with Crippen LogP contribution >= 0.6 is 0 Å². The van der Waals surface area contributed by atoms with E-state index in [1.807, 2.05) is 66.4 Å². The second-order valence-corrected chi connectivity index (χ2v) is 6.37. The Bertz CT molecular complexity index is 682. The molecule has 0 spiro atoms. The number of carbonyl (C=O) groups is 1. The van der Waals surface area contributed by atoms with E-state index in [2.05, 4.69) is 5.32 Å². The van der Waals surface area contributed by atoms with Gasteiger partial charge >= 0.3 is 0 Å². The Hall–Kier alpha value is -2.53. The highest BCUT2D eigenvalue weighted by Crippen LogP contribution is 2.19. The lowest BCUT2D eigenvalue weighted by Crippen LogP contribution is -2.33. The predicted molar refractivity (Wildman–Crippen MR) is 104 cm³/mol. The maximum Gasteiger partial charge on any atom is 0.243 e. The van der Waals surface area contributed by atoms with E-state index in [1.54, 1.807) is 0 Å². The SMILES string of the molecule is CCN(CC(=O)Nc1ccc(OCC2CCCO2)cc1)c1ccccc1. The number of likely N-dealkylation sites (N-methyl/N-ethyl adjacent to an activating group) is 1. The van der Waals surface area contributed by atoms with Gasteiger partial charge in [0, 0.05) is 24.5 Å². The number of amides is 1. The molecule has 1 atom stereocenters. The van der Waals surface area contributed by atoms with E-state index in [4.69, 9.17) is 9.47 Å². The molecule has 26 heavy (non-hydrogen) atoms. The van der Waals surface area contributed by atoms with Crippen LogP contribution in [0, 0.1) is 0 Å². The summed E-state index contributed by atoms with van der Waals surface area (Å²) >= 11 is 0. The highest BCUT2D eigenvalue weighted by atomic mass is 16.5. The van der Waals surface area contributed by atoms with Crippen molar-refractivity contribution in [3.8, 4) is 5.75 Å². The average Bonchev–Trinajstić information content (AvgIpc) is 3.20. The Morgan fingerprint density at radius 2 is 1.96 bits per heavy atom. The van der Waals surface area contributed by atoms with E-state index in [1.165, 1.54) is 0 Å². The summed E-state index contributed by atoms with van der Waals surface area (Å²) in [6.45, 7) is 4.54. The summed E-state index contributed by atoms with van der Waals surface area (Å²) < 4.78 is 11.3. The molecule has 0 aliphatic carbocycles. The van der Waals surface area contributed by atoms with Crippen LogP contribution in [-0.4, -0.2) is 38.3 Å². The van der Waals surface area contributed by atoms with Gasteiger partial charge in [0.05, 0.1) is 12.6 Å². The van der Waals surface area contributed by atoms with Crippen molar-refractivity contribution in [2.75, 3.05) is 36.5 Å². The lowest BCUT2D eigenvalue weighted by molar-refractivity contribution is -0.115. The number of hydrogen-bond acceptors (Lipinski definition) is 4. The van der Waals surface area contributed by atoms with Crippen LogP contribution in [0.3, 0.4) is 0 Å². The summed E-state index contributed by atoms with van der Waals surface area (Å²) in [4.78, 5) is 14.4. The number of nitrogens with zero attached hydrogens (tertiary/aromatic N) is 1. The second kappa shape index (κ2) is 9.25. The Balaban J connectivity index is 1.49. The first-order valence-corrected chi connectivity index (χ1v) is 9.19. The van der Waals surface area contributed by atoms with Crippen molar-refractivity contribution in [2.24, 2.45) is 0 Å². The van der Waals surface area contributed by atoms with Crippen molar-refractivity contribution in [1.82, 2.24) is 0 Å². The molecule has 1 amide bonds. The fourth-order valence-corrected chi connectivity index (χ4v) is 3.00. The number of anilines is 2. The third kappa shape index (κ3) is 5.23. The third-order valence-corrected chi connectivity index (χ3v) is 4.44. The minimum atomic E-state index is -0.0382. The van der Waals surface area contributed by atoms with Gasteiger partial charge in [0.25, 0.3) is 0 Å². The molecular weight excluding hydrogens is 328 g/mol. The maximum absolute atomic E-state index is 12.3. The average molecular weight is 354 g/mol. The zero-order valence-corrected chi connectivity index (χ0v) is 15.2. The van der Waals surface area contributed by atoms with E-state index in [0.29, 0.717) is 13.2 Å². The van der Waals surface area contributed by atoms with Crippen LogP contribution in [0.25, 0.3) is 0 Å². The molecule has 1 unspecified atom stereocenters. The molecule has 2 aromatic rings. The summed E-state index contributed by atoms with van der Waals surface area (Å²) in [5, 5.41) is 2.94. The Morgan fingerprint density at radius 1 is 1.19 bits per heavy atom. The molecule has 0 radical (unpaired) electrons. The Labute approximate surface area is 154 Å². The highest BCUT2D eigenvalue weighted by Gasteiger charge is 2.16. The first-order valence-electron chi connectivity index (χ1n) is 9.19. The van der Waals surface area contributed by atoms with E-state index in [9.17, 15) is 4.79 Å². The topological polar surface area (TPSA) is 50.8 Å². The van der Waals surface area contributed by atoms with Crippen molar-refractivity contribution in [2.45, 2.75) is 25.9 Å². The molecular formula is C21H26N2O3. The van der Waals surface area contributed by atoms with Gasteiger partial charge in [0.15, 0.2) is 0 Å².